The Morgan fingerprint density at radius 2 is 1.56 bits per heavy atom. The van der Waals surface area contributed by atoms with Crippen molar-refractivity contribution in [2.24, 2.45) is 4.99 Å². The first-order valence-electron chi connectivity index (χ1n) is 9.07. The highest BCUT2D eigenvalue weighted by molar-refractivity contribution is 7.92. The first-order valence-corrected chi connectivity index (χ1v) is 11.0. The zero-order valence-electron chi connectivity index (χ0n) is 16.1. The molecule has 0 aromatic heterocycles. The predicted molar refractivity (Wildman–Crippen MR) is 112 cm³/mol. The third-order valence-corrected chi connectivity index (χ3v) is 4.60. The van der Waals surface area contributed by atoms with Gasteiger partial charge in [-0.3, -0.25) is 4.72 Å². The number of nitrogens with zero attached hydrogens (tertiary/aromatic N) is 1. The zero-order chi connectivity index (χ0) is 19.7. The van der Waals surface area contributed by atoms with E-state index in [2.05, 4.69) is 39.4 Å². The Bertz CT molecular complexity index is 879. The number of rotatable bonds is 8. The second-order valence-corrected chi connectivity index (χ2v) is 7.95. The number of hydrogen-bond donors (Lipinski definition) is 3. The predicted octanol–water partition coefficient (Wildman–Crippen LogP) is 2.88. The van der Waals surface area contributed by atoms with Gasteiger partial charge >= 0.3 is 0 Å². The SMILES string of the molecule is CCNC(=NCc1ccccc1NS(C)(=O)=O)NCc1ccccc1CC. The van der Waals surface area contributed by atoms with Gasteiger partial charge < -0.3 is 10.6 Å². The van der Waals surface area contributed by atoms with Crippen LogP contribution in [0, 0.1) is 0 Å². The van der Waals surface area contributed by atoms with Crippen molar-refractivity contribution in [3.8, 4) is 0 Å². The van der Waals surface area contributed by atoms with E-state index in [1.165, 1.54) is 11.1 Å². The molecule has 0 fully saturated rings. The van der Waals surface area contributed by atoms with Gasteiger partial charge in [0.15, 0.2) is 5.96 Å². The van der Waals surface area contributed by atoms with Crippen LogP contribution in [0.25, 0.3) is 0 Å². The lowest BCUT2D eigenvalue weighted by Gasteiger charge is -2.14. The molecule has 6 nitrogen and oxygen atoms in total. The molecule has 0 atom stereocenters. The maximum atomic E-state index is 11.5. The van der Waals surface area contributed by atoms with E-state index in [1.807, 2.05) is 31.2 Å². The number of para-hydroxylation sites is 1. The van der Waals surface area contributed by atoms with Crippen molar-refractivity contribution in [3.05, 3.63) is 65.2 Å². The van der Waals surface area contributed by atoms with Gasteiger partial charge in [0.25, 0.3) is 0 Å². The smallest absolute Gasteiger partial charge is 0.229 e. The maximum Gasteiger partial charge on any atom is 0.229 e. The van der Waals surface area contributed by atoms with Crippen molar-refractivity contribution >= 4 is 21.7 Å². The van der Waals surface area contributed by atoms with E-state index in [0.29, 0.717) is 24.7 Å². The summed E-state index contributed by atoms with van der Waals surface area (Å²) in [6.07, 6.45) is 2.12. The van der Waals surface area contributed by atoms with Crippen molar-refractivity contribution in [2.75, 3.05) is 17.5 Å². The fourth-order valence-electron chi connectivity index (χ4n) is 2.72. The number of sulfonamides is 1. The van der Waals surface area contributed by atoms with Gasteiger partial charge in [0.05, 0.1) is 18.5 Å². The number of anilines is 1. The van der Waals surface area contributed by atoms with Crippen LogP contribution in [0.4, 0.5) is 5.69 Å². The molecule has 0 saturated heterocycles. The molecule has 0 saturated carbocycles. The molecule has 146 valence electrons. The minimum absolute atomic E-state index is 0.365. The van der Waals surface area contributed by atoms with Gasteiger partial charge in [-0.15, -0.1) is 0 Å². The first kappa shape index (κ1) is 20.8. The molecule has 0 radical (unpaired) electrons. The van der Waals surface area contributed by atoms with Gasteiger partial charge in [-0.25, -0.2) is 13.4 Å². The number of hydrogen-bond acceptors (Lipinski definition) is 3. The van der Waals surface area contributed by atoms with E-state index < -0.39 is 10.0 Å². The van der Waals surface area contributed by atoms with Gasteiger partial charge in [-0.05, 0) is 36.1 Å². The molecule has 0 aliphatic carbocycles. The third kappa shape index (κ3) is 6.94. The second-order valence-electron chi connectivity index (χ2n) is 6.20. The highest BCUT2D eigenvalue weighted by atomic mass is 32.2. The van der Waals surface area contributed by atoms with E-state index in [-0.39, 0.29) is 0 Å². The molecule has 0 aliphatic rings. The van der Waals surface area contributed by atoms with Crippen LogP contribution in [0.2, 0.25) is 0 Å². The highest BCUT2D eigenvalue weighted by Gasteiger charge is 2.07. The Hall–Kier alpha value is -2.54. The summed E-state index contributed by atoms with van der Waals surface area (Å²) in [5, 5.41) is 6.58. The van der Waals surface area contributed by atoms with Crippen LogP contribution in [0.15, 0.2) is 53.5 Å². The molecule has 0 aliphatic heterocycles. The van der Waals surface area contributed by atoms with Gasteiger partial charge in [0.1, 0.15) is 0 Å². The molecule has 0 spiro atoms. The van der Waals surface area contributed by atoms with Crippen LogP contribution in [-0.2, 0) is 29.5 Å². The number of aliphatic imine (C=N–C) groups is 1. The Morgan fingerprint density at radius 1 is 0.926 bits per heavy atom. The molecule has 0 heterocycles. The van der Waals surface area contributed by atoms with Crippen LogP contribution < -0.4 is 15.4 Å². The topological polar surface area (TPSA) is 82.6 Å². The van der Waals surface area contributed by atoms with E-state index in [0.717, 1.165) is 24.8 Å². The van der Waals surface area contributed by atoms with E-state index in [4.69, 9.17) is 0 Å². The van der Waals surface area contributed by atoms with Crippen LogP contribution >= 0.6 is 0 Å². The molecular weight excluding hydrogens is 360 g/mol. The molecule has 3 N–H and O–H groups in total. The molecule has 0 amide bonds. The maximum absolute atomic E-state index is 11.5. The summed E-state index contributed by atoms with van der Waals surface area (Å²) in [5.41, 5.74) is 3.92. The second kappa shape index (κ2) is 9.97. The summed E-state index contributed by atoms with van der Waals surface area (Å²) in [5.74, 6) is 0.692. The zero-order valence-corrected chi connectivity index (χ0v) is 16.9. The summed E-state index contributed by atoms with van der Waals surface area (Å²) in [7, 11) is -3.33. The quantitative estimate of drug-likeness (QED) is 0.480. The van der Waals surface area contributed by atoms with Crippen LogP contribution in [0.3, 0.4) is 0 Å². The van der Waals surface area contributed by atoms with E-state index in [9.17, 15) is 8.42 Å². The van der Waals surface area contributed by atoms with Crippen molar-refractivity contribution in [3.63, 3.8) is 0 Å². The van der Waals surface area contributed by atoms with E-state index in [1.54, 1.807) is 12.1 Å². The highest BCUT2D eigenvalue weighted by Crippen LogP contribution is 2.17. The van der Waals surface area contributed by atoms with Crippen LogP contribution in [0.1, 0.15) is 30.5 Å². The average Bonchev–Trinajstić information content (AvgIpc) is 2.64. The molecule has 2 aromatic rings. The molecule has 2 rings (SSSR count). The standard InChI is InChI=1S/C20H28N4O2S/c1-4-16-10-6-7-11-17(16)14-22-20(21-5-2)23-15-18-12-8-9-13-19(18)24-27(3,25)26/h6-13,24H,4-5,14-15H2,1-3H3,(H2,21,22,23). The largest absolute Gasteiger partial charge is 0.357 e. The molecular formula is C20H28N4O2S. The monoisotopic (exact) mass is 388 g/mol. The number of benzene rings is 2. The molecule has 2 aromatic carbocycles. The summed E-state index contributed by atoms with van der Waals surface area (Å²) in [6, 6.07) is 15.6. The van der Waals surface area contributed by atoms with Crippen molar-refractivity contribution in [1.29, 1.82) is 0 Å². The average molecular weight is 389 g/mol. The molecule has 0 bridgehead atoms. The fraction of sp³-hybridized carbons (Fsp3) is 0.350. The van der Waals surface area contributed by atoms with E-state index >= 15 is 0 Å². The van der Waals surface area contributed by atoms with Gasteiger partial charge in [0.2, 0.25) is 10.0 Å². The normalized spacial score (nSPS) is 11.9. The third-order valence-electron chi connectivity index (χ3n) is 4.01. The Morgan fingerprint density at radius 3 is 2.19 bits per heavy atom. The first-order chi connectivity index (χ1) is 12.9. The number of aryl methyl sites for hydroxylation is 1. The minimum atomic E-state index is -3.33. The Labute approximate surface area is 162 Å². The summed E-state index contributed by atoms with van der Waals surface area (Å²) in [6.45, 7) is 5.94. The number of nitrogens with one attached hydrogen (secondary N) is 3. The number of guanidine groups is 1. The van der Waals surface area contributed by atoms with Gasteiger partial charge in [-0.2, -0.15) is 0 Å². The minimum Gasteiger partial charge on any atom is -0.357 e. The lowest BCUT2D eigenvalue weighted by molar-refractivity contribution is 0.606. The summed E-state index contributed by atoms with van der Waals surface area (Å²) >= 11 is 0. The fourth-order valence-corrected chi connectivity index (χ4v) is 3.32. The molecule has 27 heavy (non-hydrogen) atoms. The summed E-state index contributed by atoms with van der Waals surface area (Å²) in [4.78, 5) is 4.60. The van der Waals surface area contributed by atoms with Gasteiger partial charge in [-0.1, -0.05) is 49.4 Å². The van der Waals surface area contributed by atoms with Crippen molar-refractivity contribution < 1.29 is 8.42 Å². The lowest BCUT2D eigenvalue weighted by Crippen LogP contribution is -2.37. The van der Waals surface area contributed by atoms with Crippen molar-refractivity contribution in [2.45, 2.75) is 33.4 Å². The van der Waals surface area contributed by atoms with Crippen molar-refractivity contribution in [1.82, 2.24) is 10.6 Å². The van der Waals surface area contributed by atoms with Crippen LogP contribution in [-0.4, -0.2) is 27.2 Å². The molecule has 0 unspecified atom stereocenters. The van der Waals surface area contributed by atoms with Crippen LogP contribution in [0.5, 0.6) is 0 Å². The lowest BCUT2D eigenvalue weighted by atomic mass is 10.1. The molecule has 7 heteroatoms. The Balaban J connectivity index is 2.12. The Kier molecular flexibility index (Phi) is 7.67. The summed E-state index contributed by atoms with van der Waals surface area (Å²) < 4.78 is 25.6. The van der Waals surface area contributed by atoms with Gasteiger partial charge in [0, 0.05) is 13.1 Å².